The fourth-order valence-corrected chi connectivity index (χ4v) is 2.19. The molecule has 0 saturated carbocycles. The van der Waals surface area contributed by atoms with Crippen LogP contribution in [-0.2, 0) is 9.59 Å². The van der Waals surface area contributed by atoms with Crippen molar-refractivity contribution in [2.45, 2.75) is 58.5 Å². The van der Waals surface area contributed by atoms with Crippen LogP contribution in [0.1, 0.15) is 46.5 Å². The zero-order valence-electron chi connectivity index (χ0n) is 12.3. The molecule has 1 fully saturated rings. The van der Waals surface area contributed by atoms with E-state index in [2.05, 4.69) is 36.7 Å². The second-order valence-corrected chi connectivity index (χ2v) is 5.77. The summed E-state index contributed by atoms with van der Waals surface area (Å²) in [7, 11) is 0. The monoisotopic (exact) mass is 269 g/mol. The van der Waals surface area contributed by atoms with Crippen molar-refractivity contribution in [3.05, 3.63) is 0 Å². The normalized spacial score (nSPS) is 23.2. The number of nitrogens with one attached hydrogen (secondary N) is 3. The van der Waals surface area contributed by atoms with Gasteiger partial charge in [0.25, 0.3) is 0 Å². The Hall–Kier alpha value is -1.10. The summed E-state index contributed by atoms with van der Waals surface area (Å²) >= 11 is 0. The molecule has 2 unspecified atom stereocenters. The van der Waals surface area contributed by atoms with Crippen molar-refractivity contribution in [3.63, 3.8) is 0 Å². The molecule has 0 aromatic carbocycles. The summed E-state index contributed by atoms with van der Waals surface area (Å²) in [5.41, 5.74) is 0. The second-order valence-electron chi connectivity index (χ2n) is 5.77. The second kappa shape index (κ2) is 8.15. The summed E-state index contributed by atoms with van der Waals surface area (Å²) in [6.07, 6.45) is 3.43. The fraction of sp³-hybridized carbons (Fsp3) is 0.857. The maximum Gasteiger partial charge on any atom is 0.239 e. The Morgan fingerprint density at radius 3 is 2.68 bits per heavy atom. The highest BCUT2D eigenvalue weighted by atomic mass is 16.2. The number of carbonyl (C=O) groups excluding carboxylic acids is 2. The first-order chi connectivity index (χ1) is 8.99. The predicted octanol–water partition coefficient (Wildman–Crippen LogP) is 0.796. The zero-order chi connectivity index (χ0) is 14.3. The Morgan fingerprint density at radius 1 is 1.32 bits per heavy atom. The molecule has 2 amide bonds. The molecule has 1 saturated heterocycles. The highest BCUT2D eigenvalue weighted by molar-refractivity contribution is 5.84. The molecule has 5 nitrogen and oxygen atoms in total. The molecule has 0 bridgehead atoms. The van der Waals surface area contributed by atoms with Crippen LogP contribution in [0.4, 0.5) is 0 Å². The van der Waals surface area contributed by atoms with E-state index in [0.29, 0.717) is 18.4 Å². The van der Waals surface area contributed by atoms with Gasteiger partial charge in [0, 0.05) is 18.5 Å². The minimum absolute atomic E-state index is 0.0429. The smallest absolute Gasteiger partial charge is 0.239 e. The minimum Gasteiger partial charge on any atom is -0.350 e. The third-order valence-electron chi connectivity index (χ3n) is 3.50. The van der Waals surface area contributed by atoms with E-state index in [9.17, 15) is 9.59 Å². The van der Waals surface area contributed by atoms with Crippen LogP contribution in [0.25, 0.3) is 0 Å². The first-order valence-corrected chi connectivity index (χ1v) is 7.28. The fourth-order valence-electron chi connectivity index (χ4n) is 2.19. The SMILES string of the molecule is CC(C)CCC(=O)NCC(=O)NC1CCCNC1C. The van der Waals surface area contributed by atoms with Crippen LogP contribution in [0.15, 0.2) is 0 Å². The van der Waals surface area contributed by atoms with Crippen molar-refractivity contribution in [2.24, 2.45) is 5.92 Å². The molecule has 1 heterocycles. The first kappa shape index (κ1) is 16.0. The number of carbonyl (C=O) groups is 2. The molecular weight excluding hydrogens is 242 g/mol. The lowest BCUT2D eigenvalue weighted by molar-refractivity contribution is -0.126. The van der Waals surface area contributed by atoms with Crippen molar-refractivity contribution in [3.8, 4) is 0 Å². The molecule has 0 radical (unpaired) electrons. The van der Waals surface area contributed by atoms with E-state index >= 15 is 0 Å². The summed E-state index contributed by atoms with van der Waals surface area (Å²) in [6.45, 7) is 7.33. The molecule has 110 valence electrons. The minimum atomic E-state index is -0.0987. The molecule has 1 rings (SSSR count). The van der Waals surface area contributed by atoms with Crippen LogP contribution < -0.4 is 16.0 Å². The molecule has 19 heavy (non-hydrogen) atoms. The van der Waals surface area contributed by atoms with Gasteiger partial charge >= 0.3 is 0 Å². The highest BCUT2D eigenvalue weighted by Crippen LogP contribution is 2.07. The lowest BCUT2D eigenvalue weighted by Crippen LogP contribution is -2.53. The van der Waals surface area contributed by atoms with Gasteiger partial charge in [-0.15, -0.1) is 0 Å². The van der Waals surface area contributed by atoms with Crippen LogP contribution in [0.5, 0.6) is 0 Å². The maximum atomic E-state index is 11.7. The van der Waals surface area contributed by atoms with Gasteiger partial charge in [-0.05, 0) is 38.6 Å². The van der Waals surface area contributed by atoms with Gasteiger partial charge in [0.1, 0.15) is 0 Å². The van der Waals surface area contributed by atoms with Gasteiger partial charge in [0.05, 0.1) is 6.54 Å². The average Bonchev–Trinajstić information content (AvgIpc) is 2.36. The molecule has 0 aromatic rings. The first-order valence-electron chi connectivity index (χ1n) is 7.28. The molecule has 5 heteroatoms. The van der Waals surface area contributed by atoms with Gasteiger partial charge in [-0.2, -0.15) is 0 Å². The van der Waals surface area contributed by atoms with Gasteiger partial charge in [0.2, 0.25) is 11.8 Å². The van der Waals surface area contributed by atoms with Crippen LogP contribution in [0, 0.1) is 5.92 Å². The summed E-state index contributed by atoms with van der Waals surface area (Å²) < 4.78 is 0. The van der Waals surface area contributed by atoms with E-state index in [0.717, 1.165) is 25.8 Å². The maximum absolute atomic E-state index is 11.7. The standard InChI is InChI=1S/C14H27N3O2/c1-10(2)6-7-13(18)16-9-14(19)17-12-5-4-8-15-11(12)3/h10-12,15H,4-9H2,1-3H3,(H,16,18)(H,17,19). The van der Waals surface area contributed by atoms with E-state index in [1.165, 1.54) is 0 Å². The van der Waals surface area contributed by atoms with E-state index in [1.807, 2.05) is 0 Å². The van der Waals surface area contributed by atoms with Crippen molar-refractivity contribution in [1.82, 2.24) is 16.0 Å². The van der Waals surface area contributed by atoms with Crippen LogP contribution in [0.3, 0.4) is 0 Å². The van der Waals surface area contributed by atoms with Crippen LogP contribution in [0.2, 0.25) is 0 Å². The van der Waals surface area contributed by atoms with Crippen molar-refractivity contribution >= 4 is 11.8 Å². The number of hydrogen-bond acceptors (Lipinski definition) is 3. The van der Waals surface area contributed by atoms with Crippen molar-refractivity contribution < 1.29 is 9.59 Å². The Balaban J connectivity index is 2.18. The Morgan fingerprint density at radius 2 is 2.05 bits per heavy atom. The molecule has 0 aromatic heterocycles. The average molecular weight is 269 g/mol. The van der Waals surface area contributed by atoms with Crippen molar-refractivity contribution in [1.29, 1.82) is 0 Å². The molecule has 0 spiro atoms. The molecule has 1 aliphatic heterocycles. The van der Waals surface area contributed by atoms with Gasteiger partial charge in [-0.3, -0.25) is 9.59 Å². The van der Waals surface area contributed by atoms with Crippen LogP contribution in [-0.4, -0.2) is 37.0 Å². The highest BCUT2D eigenvalue weighted by Gasteiger charge is 2.22. The Kier molecular flexibility index (Phi) is 6.84. The van der Waals surface area contributed by atoms with E-state index < -0.39 is 0 Å². The Bertz CT molecular complexity index is 305. The number of amides is 2. The summed E-state index contributed by atoms with van der Waals surface area (Å²) in [5.74, 6) is 0.367. The third-order valence-corrected chi connectivity index (χ3v) is 3.50. The largest absolute Gasteiger partial charge is 0.350 e. The summed E-state index contributed by atoms with van der Waals surface area (Å²) in [6, 6.07) is 0.475. The predicted molar refractivity (Wildman–Crippen MR) is 75.7 cm³/mol. The quantitative estimate of drug-likeness (QED) is 0.668. The van der Waals surface area contributed by atoms with Gasteiger partial charge in [-0.25, -0.2) is 0 Å². The summed E-state index contributed by atoms with van der Waals surface area (Å²) in [4.78, 5) is 23.3. The van der Waals surface area contributed by atoms with Gasteiger partial charge in [0.15, 0.2) is 0 Å². The van der Waals surface area contributed by atoms with E-state index in [-0.39, 0.29) is 24.4 Å². The summed E-state index contributed by atoms with van der Waals surface area (Å²) in [5, 5.41) is 8.98. The third kappa shape index (κ3) is 6.57. The molecule has 0 aliphatic carbocycles. The molecule has 1 aliphatic rings. The topological polar surface area (TPSA) is 70.2 Å². The van der Waals surface area contributed by atoms with Gasteiger partial charge in [-0.1, -0.05) is 13.8 Å². The molecule has 3 N–H and O–H groups in total. The number of piperidine rings is 1. The lowest BCUT2D eigenvalue weighted by atomic mass is 10.00. The lowest BCUT2D eigenvalue weighted by Gasteiger charge is -2.30. The zero-order valence-corrected chi connectivity index (χ0v) is 12.3. The molecule has 2 atom stereocenters. The van der Waals surface area contributed by atoms with E-state index in [1.54, 1.807) is 0 Å². The molecular formula is C14H27N3O2. The Labute approximate surface area is 115 Å². The number of hydrogen-bond donors (Lipinski definition) is 3. The van der Waals surface area contributed by atoms with E-state index in [4.69, 9.17) is 0 Å². The number of rotatable bonds is 6. The van der Waals surface area contributed by atoms with Crippen LogP contribution >= 0.6 is 0 Å². The van der Waals surface area contributed by atoms with Gasteiger partial charge < -0.3 is 16.0 Å². The van der Waals surface area contributed by atoms with Crippen molar-refractivity contribution in [2.75, 3.05) is 13.1 Å².